The van der Waals surface area contributed by atoms with Crippen LogP contribution in [-0.4, -0.2) is 45.7 Å². The Morgan fingerprint density at radius 3 is 2.67 bits per heavy atom. The lowest BCUT2D eigenvalue weighted by Gasteiger charge is -2.14. The number of benzene rings is 1. The molecule has 112 valence electrons. The average molecular weight is 288 g/mol. The van der Waals surface area contributed by atoms with Crippen molar-refractivity contribution in [2.24, 2.45) is 0 Å². The van der Waals surface area contributed by atoms with E-state index in [1.807, 2.05) is 44.3 Å². The van der Waals surface area contributed by atoms with Crippen LogP contribution in [-0.2, 0) is 4.79 Å². The highest BCUT2D eigenvalue weighted by atomic mass is 16.2. The van der Waals surface area contributed by atoms with Gasteiger partial charge >= 0.3 is 0 Å². The molecule has 1 amide bonds. The topological polar surface area (TPSA) is 84.7 Å². The third kappa shape index (κ3) is 3.85. The summed E-state index contributed by atoms with van der Waals surface area (Å²) in [4.78, 5) is 13.4. The van der Waals surface area contributed by atoms with E-state index < -0.39 is 6.04 Å². The predicted molar refractivity (Wildman–Crippen MR) is 79.5 cm³/mol. The molecule has 2 unspecified atom stereocenters. The highest BCUT2D eigenvalue weighted by Gasteiger charge is 2.18. The highest BCUT2D eigenvalue weighted by molar-refractivity contribution is 5.79. The molecule has 0 saturated carbocycles. The molecule has 0 spiro atoms. The average Bonchev–Trinajstić information content (AvgIpc) is 3.02. The fourth-order valence-corrected chi connectivity index (χ4v) is 1.70. The number of aromatic nitrogens is 4. The SMILES string of the molecule is CNC(C)CNC(=O)C(C)n1nnc(-c2ccccc2)n1. The summed E-state index contributed by atoms with van der Waals surface area (Å²) < 4.78 is 0. The van der Waals surface area contributed by atoms with Crippen LogP contribution in [0.5, 0.6) is 0 Å². The zero-order valence-electron chi connectivity index (χ0n) is 12.4. The molecule has 0 aliphatic rings. The van der Waals surface area contributed by atoms with Gasteiger partial charge in [-0.2, -0.15) is 4.80 Å². The molecule has 0 aliphatic carbocycles. The van der Waals surface area contributed by atoms with Gasteiger partial charge < -0.3 is 10.6 Å². The van der Waals surface area contributed by atoms with Crippen molar-refractivity contribution in [1.82, 2.24) is 30.8 Å². The third-order valence-corrected chi connectivity index (χ3v) is 3.26. The fourth-order valence-electron chi connectivity index (χ4n) is 1.70. The molecule has 0 radical (unpaired) electrons. The van der Waals surface area contributed by atoms with Gasteiger partial charge in [-0.1, -0.05) is 30.3 Å². The predicted octanol–water partition coefficient (Wildman–Crippen LogP) is 0.625. The van der Waals surface area contributed by atoms with E-state index in [0.717, 1.165) is 5.56 Å². The van der Waals surface area contributed by atoms with Crippen LogP contribution in [0.3, 0.4) is 0 Å². The molecule has 7 heteroatoms. The van der Waals surface area contributed by atoms with Gasteiger partial charge in [0.2, 0.25) is 11.7 Å². The minimum Gasteiger partial charge on any atom is -0.353 e. The van der Waals surface area contributed by atoms with Gasteiger partial charge in [0, 0.05) is 18.2 Å². The van der Waals surface area contributed by atoms with E-state index in [1.54, 1.807) is 6.92 Å². The van der Waals surface area contributed by atoms with Crippen LogP contribution in [0.25, 0.3) is 11.4 Å². The second-order valence-electron chi connectivity index (χ2n) is 4.91. The number of hydrogen-bond donors (Lipinski definition) is 2. The Morgan fingerprint density at radius 1 is 1.29 bits per heavy atom. The number of amides is 1. The summed E-state index contributed by atoms with van der Waals surface area (Å²) in [5.74, 6) is 0.382. The van der Waals surface area contributed by atoms with Gasteiger partial charge in [0.25, 0.3) is 0 Å². The molecule has 2 atom stereocenters. The van der Waals surface area contributed by atoms with Crippen LogP contribution in [0, 0.1) is 0 Å². The number of rotatable bonds is 6. The minimum absolute atomic E-state index is 0.130. The Labute approximate surface area is 123 Å². The van der Waals surface area contributed by atoms with Crippen molar-refractivity contribution in [2.45, 2.75) is 25.9 Å². The monoisotopic (exact) mass is 288 g/mol. The molecule has 0 bridgehead atoms. The first kappa shape index (κ1) is 15.1. The largest absolute Gasteiger partial charge is 0.353 e. The van der Waals surface area contributed by atoms with Crippen molar-refractivity contribution in [1.29, 1.82) is 0 Å². The summed E-state index contributed by atoms with van der Waals surface area (Å²) in [6.07, 6.45) is 0. The van der Waals surface area contributed by atoms with E-state index in [4.69, 9.17) is 0 Å². The quantitative estimate of drug-likeness (QED) is 0.814. The zero-order chi connectivity index (χ0) is 15.2. The number of carbonyl (C=O) groups is 1. The van der Waals surface area contributed by atoms with Gasteiger partial charge in [-0.15, -0.1) is 10.2 Å². The van der Waals surface area contributed by atoms with Crippen molar-refractivity contribution in [3.8, 4) is 11.4 Å². The van der Waals surface area contributed by atoms with Gasteiger partial charge in [0.15, 0.2) is 0 Å². The summed E-state index contributed by atoms with van der Waals surface area (Å²) >= 11 is 0. The molecular weight excluding hydrogens is 268 g/mol. The normalized spacial score (nSPS) is 13.7. The number of nitrogens with zero attached hydrogens (tertiary/aromatic N) is 4. The third-order valence-electron chi connectivity index (χ3n) is 3.26. The second-order valence-corrected chi connectivity index (χ2v) is 4.91. The van der Waals surface area contributed by atoms with Crippen LogP contribution < -0.4 is 10.6 Å². The summed E-state index contributed by atoms with van der Waals surface area (Å²) in [6.45, 7) is 4.29. The van der Waals surface area contributed by atoms with Crippen LogP contribution in [0.1, 0.15) is 19.9 Å². The molecule has 0 aliphatic heterocycles. The Balaban J connectivity index is 2.02. The summed E-state index contributed by atoms with van der Waals surface area (Å²) in [5.41, 5.74) is 0.875. The van der Waals surface area contributed by atoms with E-state index in [-0.39, 0.29) is 11.9 Å². The Kier molecular flexibility index (Phi) is 4.99. The number of carbonyl (C=O) groups excluding carboxylic acids is 1. The summed E-state index contributed by atoms with van der Waals surface area (Å²) in [6, 6.07) is 9.26. The molecule has 0 saturated heterocycles. The van der Waals surface area contributed by atoms with Crippen molar-refractivity contribution in [3.05, 3.63) is 30.3 Å². The number of nitrogens with one attached hydrogen (secondary N) is 2. The van der Waals surface area contributed by atoms with Gasteiger partial charge in [0.05, 0.1) is 0 Å². The maximum Gasteiger partial charge on any atom is 0.246 e. The first-order valence-electron chi connectivity index (χ1n) is 6.91. The molecule has 2 rings (SSSR count). The summed E-state index contributed by atoms with van der Waals surface area (Å²) in [5, 5.41) is 18.1. The molecule has 1 heterocycles. The lowest BCUT2D eigenvalue weighted by molar-refractivity contribution is -0.124. The van der Waals surface area contributed by atoms with E-state index in [2.05, 4.69) is 26.0 Å². The summed E-state index contributed by atoms with van der Waals surface area (Å²) in [7, 11) is 1.85. The molecular formula is C14H20N6O. The minimum atomic E-state index is -0.501. The second kappa shape index (κ2) is 6.94. The molecule has 1 aromatic carbocycles. The first-order valence-corrected chi connectivity index (χ1v) is 6.91. The van der Waals surface area contributed by atoms with Crippen LogP contribution in [0.4, 0.5) is 0 Å². The fraction of sp³-hybridized carbons (Fsp3) is 0.429. The highest BCUT2D eigenvalue weighted by Crippen LogP contribution is 2.13. The molecule has 7 nitrogen and oxygen atoms in total. The van der Waals surface area contributed by atoms with Gasteiger partial charge in [-0.05, 0) is 26.1 Å². The molecule has 1 aromatic heterocycles. The Hall–Kier alpha value is -2.28. The molecule has 2 aromatic rings. The van der Waals surface area contributed by atoms with E-state index in [1.165, 1.54) is 4.80 Å². The maximum absolute atomic E-state index is 12.0. The van der Waals surface area contributed by atoms with Crippen molar-refractivity contribution < 1.29 is 4.79 Å². The number of likely N-dealkylation sites (N-methyl/N-ethyl adjacent to an activating group) is 1. The van der Waals surface area contributed by atoms with E-state index in [9.17, 15) is 4.79 Å². The Bertz CT molecular complexity index is 582. The van der Waals surface area contributed by atoms with Gasteiger partial charge in [0.1, 0.15) is 6.04 Å². The molecule has 21 heavy (non-hydrogen) atoms. The van der Waals surface area contributed by atoms with Crippen LogP contribution in [0.15, 0.2) is 30.3 Å². The van der Waals surface area contributed by atoms with Crippen molar-refractivity contribution in [2.75, 3.05) is 13.6 Å². The van der Waals surface area contributed by atoms with Crippen molar-refractivity contribution >= 4 is 5.91 Å². The standard InChI is InChI=1S/C14H20N6O/c1-10(15-3)9-16-14(21)11(2)20-18-13(17-19-20)12-7-5-4-6-8-12/h4-8,10-11,15H,9H2,1-3H3,(H,16,21). The Morgan fingerprint density at radius 2 is 2.00 bits per heavy atom. The van der Waals surface area contributed by atoms with Crippen molar-refractivity contribution in [3.63, 3.8) is 0 Å². The van der Waals surface area contributed by atoms with Gasteiger partial charge in [-0.25, -0.2) is 0 Å². The lowest BCUT2D eigenvalue weighted by Crippen LogP contribution is -2.40. The van der Waals surface area contributed by atoms with Gasteiger partial charge in [-0.3, -0.25) is 4.79 Å². The van der Waals surface area contributed by atoms with Crippen LogP contribution in [0.2, 0.25) is 0 Å². The van der Waals surface area contributed by atoms with E-state index >= 15 is 0 Å². The lowest BCUT2D eigenvalue weighted by atomic mass is 10.2. The maximum atomic E-state index is 12.0. The first-order chi connectivity index (χ1) is 10.1. The number of tetrazole rings is 1. The van der Waals surface area contributed by atoms with Crippen LogP contribution >= 0.6 is 0 Å². The molecule has 2 N–H and O–H groups in total. The molecule has 0 fully saturated rings. The smallest absolute Gasteiger partial charge is 0.246 e. The number of hydrogen-bond acceptors (Lipinski definition) is 5. The zero-order valence-corrected chi connectivity index (χ0v) is 12.4. The van der Waals surface area contributed by atoms with E-state index in [0.29, 0.717) is 12.4 Å².